The maximum Gasteiger partial charge on any atom is 0.273 e. The summed E-state index contributed by atoms with van der Waals surface area (Å²) in [7, 11) is 0. The van der Waals surface area contributed by atoms with Crippen LogP contribution in [0.3, 0.4) is 0 Å². The molecule has 0 radical (unpaired) electrons. The van der Waals surface area contributed by atoms with Gasteiger partial charge in [-0.2, -0.15) is 5.10 Å². The second-order valence-corrected chi connectivity index (χ2v) is 8.56. The van der Waals surface area contributed by atoms with Crippen molar-refractivity contribution < 1.29 is 19.4 Å². The van der Waals surface area contributed by atoms with E-state index >= 15 is 0 Å². The number of nitrogens with one attached hydrogen (secondary N) is 1. The smallest absolute Gasteiger partial charge is 0.273 e. The maximum atomic E-state index is 13.7. The van der Waals surface area contributed by atoms with Gasteiger partial charge in [0.15, 0.2) is 11.5 Å². The van der Waals surface area contributed by atoms with Crippen LogP contribution in [0.5, 0.6) is 17.2 Å². The molecule has 2 aromatic heterocycles. The highest BCUT2D eigenvalue weighted by Gasteiger charge is 2.42. The molecule has 0 unspecified atom stereocenters. The van der Waals surface area contributed by atoms with Crippen LogP contribution in [-0.4, -0.2) is 44.3 Å². The summed E-state index contributed by atoms with van der Waals surface area (Å²) in [5.74, 6) is 1.23. The summed E-state index contributed by atoms with van der Waals surface area (Å²) >= 11 is 0. The molecule has 0 spiro atoms. The second-order valence-electron chi connectivity index (χ2n) is 8.56. The number of benzene rings is 2. The van der Waals surface area contributed by atoms with Gasteiger partial charge in [0.05, 0.1) is 19.3 Å². The Bertz CT molecular complexity index is 1370. The number of aromatic hydroxyl groups is 1. The molecule has 4 aromatic rings. The van der Waals surface area contributed by atoms with Gasteiger partial charge < -0.3 is 19.5 Å². The molecular formula is C28H28N4O4. The summed E-state index contributed by atoms with van der Waals surface area (Å²) < 4.78 is 11.8. The van der Waals surface area contributed by atoms with Crippen molar-refractivity contribution in [2.24, 2.45) is 0 Å². The highest BCUT2D eigenvalue weighted by molar-refractivity contribution is 6.00. The van der Waals surface area contributed by atoms with Crippen LogP contribution < -0.4 is 9.47 Å². The fraction of sp³-hybridized carbons (Fsp3) is 0.250. The Hall–Kier alpha value is -4.33. The molecule has 8 heteroatoms. The number of H-pyrrole nitrogens is 1. The average molecular weight is 485 g/mol. The van der Waals surface area contributed by atoms with Gasteiger partial charge in [0, 0.05) is 30.1 Å². The average Bonchev–Trinajstić information content (AvgIpc) is 3.43. The number of fused-ring (bicyclic) bond motifs is 1. The van der Waals surface area contributed by atoms with Crippen LogP contribution in [0.1, 0.15) is 53.5 Å². The summed E-state index contributed by atoms with van der Waals surface area (Å²) in [6.45, 7) is 5.42. The van der Waals surface area contributed by atoms with Gasteiger partial charge >= 0.3 is 0 Å². The van der Waals surface area contributed by atoms with Crippen LogP contribution >= 0.6 is 0 Å². The lowest BCUT2D eigenvalue weighted by Gasteiger charge is -2.27. The van der Waals surface area contributed by atoms with Crippen molar-refractivity contribution in [3.8, 4) is 28.5 Å². The van der Waals surface area contributed by atoms with Crippen molar-refractivity contribution in [1.82, 2.24) is 20.1 Å². The third kappa shape index (κ3) is 4.26. The normalized spacial score (nSPS) is 14.7. The Kier molecular flexibility index (Phi) is 6.58. The number of ether oxygens (including phenoxy) is 2. The van der Waals surface area contributed by atoms with E-state index in [1.165, 1.54) is 0 Å². The quantitative estimate of drug-likeness (QED) is 0.342. The first-order valence-electron chi connectivity index (χ1n) is 12.1. The van der Waals surface area contributed by atoms with E-state index in [1.807, 2.05) is 43.3 Å². The molecule has 0 fully saturated rings. The van der Waals surface area contributed by atoms with Crippen LogP contribution in [-0.2, 0) is 6.54 Å². The van der Waals surface area contributed by atoms with E-state index in [9.17, 15) is 9.90 Å². The highest BCUT2D eigenvalue weighted by atomic mass is 16.5. The molecule has 0 bridgehead atoms. The first kappa shape index (κ1) is 23.4. The second kappa shape index (κ2) is 10.1. The molecular weight excluding hydrogens is 456 g/mol. The highest BCUT2D eigenvalue weighted by Crippen LogP contribution is 2.46. The van der Waals surface area contributed by atoms with E-state index in [1.54, 1.807) is 35.5 Å². The molecule has 5 rings (SSSR count). The Labute approximate surface area is 209 Å². The zero-order valence-electron chi connectivity index (χ0n) is 20.3. The lowest BCUT2D eigenvalue weighted by atomic mass is 9.95. The van der Waals surface area contributed by atoms with E-state index in [0.717, 1.165) is 23.1 Å². The van der Waals surface area contributed by atoms with Gasteiger partial charge in [-0.15, -0.1) is 0 Å². The Morgan fingerprint density at radius 3 is 2.58 bits per heavy atom. The summed E-state index contributed by atoms with van der Waals surface area (Å²) in [5, 5.41) is 18.0. The number of aromatic amines is 1. The van der Waals surface area contributed by atoms with Crippen molar-refractivity contribution in [1.29, 1.82) is 0 Å². The molecule has 2 aromatic carbocycles. The van der Waals surface area contributed by atoms with Crippen LogP contribution in [0, 0.1) is 0 Å². The monoisotopic (exact) mass is 484 g/mol. The van der Waals surface area contributed by atoms with Crippen LogP contribution in [0.25, 0.3) is 11.3 Å². The number of carbonyl (C=O) groups excluding carboxylic acids is 1. The van der Waals surface area contributed by atoms with Crippen molar-refractivity contribution in [3.63, 3.8) is 0 Å². The largest absolute Gasteiger partial charge is 0.507 e. The number of phenols is 1. The van der Waals surface area contributed by atoms with Gasteiger partial charge in [-0.3, -0.25) is 14.9 Å². The van der Waals surface area contributed by atoms with Crippen molar-refractivity contribution in [3.05, 3.63) is 89.4 Å². The molecule has 1 amide bonds. The minimum Gasteiger partial charge on any atom is -0.507 e. The van der Waals surface area contributed by atoms with E-state index in [4.69, 9.17) is 9.47 Å². The standard InChI is InChI=1S/C28H28N4O4/c1-3-15-36-22-10-9-19(16-23(22)35-4-2)27-24-25(20-7-5-6-8-21(20)33)30-31-26(24)28(34)32(27)17-18-11-13-29-14-12-18/h5-14,16,27,33H,3-4,15,17H2,1-2H3,(H,30,31)/t27-/m0/s1. The van der Waals surface area contributed by atoms with E-state index in [0.29, 0.717) is 48.2 Å². The van der Waals surface area contributed by atoms with Gasteiger partial charge in [0.2, 0.25) is 0 Å². The molecule has 1 aliphatic heterocycles. The number of carbonyl (C=O) groups is 1. The molecule has 1 atom stereocenters. The number of rotatable bonds is 9. The van der Waals surface area contributed by atoms with Gasteiger partial charge in [0.1, 0.15) is 17.1 Å². The molecule has 184 valence electrons. The Morgan fingerprint density at radius 1 is 1.03 bits per heavy atom. The number of hydrogen-bond acceptors (Lipinski definition) is 6. The van der Waals surface area contributed by atoms with Gasteiger partial charge in [-0.05, 0) is 60.9 Å². The molecule has 1 aliphatic rings. The lowest BCUT2D eigenvalue weighted by molar-refractivity contribution is 0.0729. The number of aromatic nitrogens is 3. The third-order valence-corrected chi connectivity index (χ3v) is 6.17. The van der Waals surface area contributed by atoms with Gasteiger partial charge in [0.25, 0.3) is 5.91 Å². The minimum atomic E-state index is -0.451. The third-order valence-electron chi connectivity index (χ3n) is 6.17. The van der Waals surface area contributed by atoms with E-state index in [-0.39, 0.29) is 11.7 Å². The fourth-order valence-electron chi connectivity index (χ4n) is 4.56. The summed E-state index contributed by atoms with van der Waals surface area (Å²) in [6, 6.07) is 16.1. The van der Waals surface area contributed by atoms with Crippen LogP contribution in [0.2, 0.25) is 0 Å². The predicted octanol–water partition coefficient (Wildman–Crippen LogP) is 5.11. The first-order chi connectivity index (χ1) is 17.6. The van der Waals surface area contributed by atoms with Crippen LogP contribution in [0.4, 0.5) is 0 Å². The SMILES string of the molecule is CCCOc1ccc([C@H]2c3c(-c4ccccc4O)n[nH]c3C(=O)N2Cc2ccncc2)cc1OCC. The number of para-hydroxylation sites is 1. The van der Waals surface area contributed by atoms with E-state index < -0.39 is 6.04 Å². The van der Waals surface area contributed by atoms with Crippen molar-refractivity contribution >= 4 is 5.91 Å². The lowest BCUT2D eigenvalue weighted by Crippen LogP contribution is -2.29. The maximum absolute atomic E-state index is 13.7. The Balaban J connectivity index is 1.65. The van der Waals surface area contributed by atoms with Crippen molar-refractivity contribution in [2.75, 3.05) is 13.2 Å². The Morgan fingerprint density at radius 2 is 1.83 bits per heavy atom. The molecule has 0 saturated heterocycles. The number of nitrogens with zero attached hydrogens (tertiary/aromatic N) is 3. The summed E-state index contributed by atoms with van der Waals surface area (Å²) in [5.41, 5.74) is 4.06. The first-order valence-corrected chi connectivity index (χ1v) is 12.1. The molecule has 36 heavy (non-hydrogen) atoms. The molecule has 2 N–H and O–H groups in total. The molecule has 3 heterocycles. The van der Waals surface area contributed by atoms with Crippen LogP contribution in [0.15, 0.2) is 67.0 Å². The zero-order valence-corrected chi connectivity index (χ0v) is 20.3. The molecule has 8 nitrogen and oxygen atoms in total. The number of amides is 1. The summed E-state index contributed by atoms with van der Waals surface area (Å²) in [6.07, 6.45) is 4.31. The fourth-order valence-corrected chi connectivity index (χ4v) is 4.56. The van der Waals surface area contributed by atoms with E-state index in [2.05, 4.69) is 22.1 Å². The number of phenolic OH excluding ortho intramolecular Hbond substituents is 1. The van der Waals surface area contributed by atoms with Gasteiger partial charge in [-0.25, -0.2) is 0 Å². The minimum absolute atomic E-state index is 0.101. The zero-order chi connectivity index (χ0) is 25.1. The molecule has 0 saturated carbocycles. The topological polar surface area (TPSA) is 101 Å². The predicted molar refractivity (Wildman–Crippen MR) is 135 cm³/mol. The summed E-state index contributed by atoms with van der Waals surface area (Å²) in [4.78, 5) is 19.6. The van der Waals surface area contributed by atoms with Gasteiger partial charge in [-0.1, -0.05) is 25.1 Å². The van der Waals surface area contributed by atoms with Crippen molar-refractivity contribution in [2.45, 2.75) is 32.9 Å². The molecule has 0 aliphatic carbocycles. The number of pyridine rings is 1. The number of hydrogen-bond donors (Lipinski definition) is 2.